The molecular weight excluding hydrogens is 184 g/mol. The van der Waals surface area contributed by atoms with Crippen LogP contribution in [0.4, 0.5) is 0 Å². The fourth-order valence-electron chi connectivity index (χ4n) is 2.08. The first-order chi connectivity index (χ1) is 7.27. The highest BCUT2D eigenvalue weighted by Crippen LogP contribution is 2.31. The number of fused-ring (bicyclic) bond motifs is 1. The van der Waals surface area contributed by atoms with Gasteiger partial charge in [0.15, 0.2) is 0 Å². The molecule has 2 aromatic carbocycles. The van der Waals surface area contributed by atoms with Gasteiger partial charge in [-0.05, 0) is 35.9 Å². The van der Waals surface area contributed by atoms with Crippen LogP contribution in [0, 0.1) is 6.92 Å². The fourth-order valence-corrected chi connectivity index (χ4v) is 2.08. The molecule has 1 heteroatoms. The van der Waals surface area contributed by atoms with Crippen LogP contribution in [0.1, 0.15) is 18.1 Å². The van der Waals surface area contributed by atoms with E-state index in [0.717, 1.165) is 12.2 Å². The van der Waals surface area contributed by atoms with E-state index in [4.69, 9.17) is 4.74 Å². The Hall–Kier alpha value is -1.50. The van der Waals surface area contributed by atoms with Gasteiger partial charge in [0.2, 0.25) is 0 Å². The molecule has 0 fully saturated rings. The second-order valence-corrected chi connectivity index (χ2v) is 3.76. The summed E-state index contributed by atoms with van der Waals surface area (Å²) in [5, 5.41) is 2.50. The molecule has 78 valence electrons. The van der Waals surface area contributed by atoms with Gasteiger partial charge in [-0.3, -0.25) is 0 Å². The SMILES string of the molecule is CCc1cc(OC)c2ccccc2c1C. The molecule has 0 aromatic heterocycles. The zero-order valence-electron chi connectivity index (χ0n) is 9.50. The average molecular weight is 200 g/mol. The van der Waals surface area contributed by atoms with Crippen molar-refractivity contribution in [2.45, 2.75) is 20.3 Å². The lowest BCUT2D eigenvalue weighted by Gasteiger charge is -2.12. The minimum absolute atomic E-state index is 0.980. The first-order valence-electron chi connectivity index (χ1n) is 5.33. The number of ether oxygens (including phenoxy) is 1. The molecule has 0 aliphatic rings. The first kappa shape index (κ1) is 10.0. The monoisotopic (exact) mass is 200 g/mol. The predicted molar refractivity (Wildman–Crippen MR) is 64.6 cm³/mol. The molecule has 2 aromatic rings. The maximum atomic E-state index is 5.42. The number of hydrogen-bond donors (Lipinski definition) is 0. The summed E-state index contributed by atoms with van der Waals surface area (Å²) in [5.41, 5.74) is 2.74. The Labute approximate surface area is 90.7 Å². The summed E-state index contributed by atoms with van der Waals surface area (Å²) in [5.74, 6) is 0.980. The van der Waals surface area contributed by atoms with Crippen molar-refractivity contribution in [3.63, 3.8) is 0 Å². The van der Waals surface area contributed by atoms with Gasteiger partial charge in [0.25, 0.3) is 0 Å². The van der Waals surface area contributed by atoms with Gasteiger partial charge in [0, 0.05) is 5.39 Å². The van der Waals surface area contributed by atoms with Crippen molar-refractivity contribution in [2.75, 3.05) is 7.11 Å². The molecule has 0 saturated carbocycles. The molecule has 1 nitrogen and oxygen atoms in total. The Bertz CT molecular complexity index is 486. The van der Waals surface area contributed by atoms with E-state index in [9.17, 15) is 0 Å². The molecule has 0 atom stereocenters. The van der Waals surface area contributed by atoms with E-state index in [0.29, 0.717) is 0 Å². The van der Waals surface area contributed by atoms with Gasteiger partial charge in [-0.1, -0.05) is 31.2 Å². The van der Waals surface area contributed by atoms with Crippen LogP contribution in [0.2, 0.25) is 0 Å². The highest BCUT2D eigenvalue weighted by atomic mass is 16.5. The minimum Gasteiger partial charge on any atom is -0.496 e. The summed E-state index contributed by atoms with van der Waals surface area (Å²) in [4.78, 5) is 0. The van der Waals surface area contributed by atoms with E-state index in [1.807, 2.05) is 0 Å². The third kappa shape index (κ3) is 1.58. The van der Waals surface area contributed by atoms with Gasteiger partial charge in [0.1, 0.15) is 5.75 Å². The second kappa shape index (κ2) is 3.93. The molecule has 0 spiro atoms. The summed E-state index contributed by atoms with van der Waals surface area (Å²) >= 11 is 0. The molecule has 0 bridgehead atoms. The Morgan fingerprint density at radius 3 is 2.40 bits per heavy atom. The van der Waals surface area contributed by atoms with Gasteiger partial charge in [-0.15, -0.1) is 0 Å². The van der Waals surface area contributed by atoms with Crippen LogP contribution in [0.25, 0.3) is 10.8 Å². The summed E-state index contributed by atoms with van der Waals surface area (Å²) in [7, 11) is 1.73. The highest BCUT2D eigenvalue weighted by molar-refractivity contribution is 5.91. The summed E-state index contributed by atoms with van der Waals surface area (Å²) in [6, 6.07) is 10.6. The van der Waals surface area contributed by atoms with Gasteiger partial charge in [-0.2, -0.15) is 0 Å². The van der Waals surface area contributed by atoms with Crippen molar-refractivity contribution in [1.29, 1.82) is 0 Å². The molecule has 0 N–H and O–H groups in total. The van der Waals surface area contributed by atoms with E-state index in [2.05, 4.69) is 44.2 Å². The van der Waals surface area contributed by atoms with Crippen LogP contribution in [-0.4, -0.2) is 7.11 Å². The lowest BCUT2D eigenvalue weighted by molar-refractivity contribution is 0.419. The van der Waals surface area contributed by atoms with E-state index < -0.39 is 0 Å². The van der Waals surface area contributed by atoms with Crippen LogP contribution >= 0.6 is 0 Å². The van der Waals surface area contributed by atoms with Crippen LogP contribution in [-0.2, 0) is 6.42 Å². The molecule has 0 unspecified atom stereocenters. The predicted octanol–water partition coefficient (Wildman–Crippen LogP) is 3.72. The number of aryl methyl sites for hydroxylation is 2. The quantitative estimate of drug-likeness (QED) is 0.718. The number of hydrogen-bond acceptors (Lipinski definition) is 1. The number of rotatable bonds is 2. The van der Waals surface area contributed by atoms with Gasteiger partial charge in [0.05, 0.1) is 7.11 Å². The van der Waals surface area contributed by atoms with Gasteiger partial charge < -0.3 is 4.74 Å². The van der Waals surface area contributed by atoms with Crippen molar-refractivity contribution in [3.05, 3.63) is 41.5 Å². The van der Waals surface area contributed by atoms with Crippen molar-refractivity contribution < 1.29 is 4.74 Å². The highest BCUT2D eigenvalue weighted by Gasteiger charge is 2.07. The van der Waals surface area contributed by atoms with Crippen LogP contribution in [0.3, 0.4) is 0 Å². The Morgan fingerprint density at radius 2 is 1.80 bits per heavy atom. The fraction of sp³-hybridized carbons (Fsp3) is 0.286. The largest absolute Gasteiger partial charge is 0.496 e. The second-order valence-electron chi connectivity index (χ2n) is 3.76. The molecule has 0 aliphatic heterocycles. The van der Waals surface area contributed by atoms with Crippen LogP contribution in [0.5, 0.6) is 5.75 Å². The Balaban J connectivity index is 2.84. The first-order valence-corrected chi connectivity index (χ1v) is 5.33. The number of methoxy groups -OCH3 is 1. The van der Waals surface area contributed by atoms with Gasteiger partial charge >= 0.3 is 0 Å². The van der Waals surface area contributed by atoms with Crippen LogP contribution in [0.15, 0.2) is 30.3 Å². The standard InChI is InChI=1S/C14H16O/c1-4-11-9-14(15-3)13-8-6-5-7-12(13)10(11)2/h5-9H,4H2,1-3H3. The summed E-state index contributed by atoms with van der Waals surface area (Å²) in [6.45, 7) is 4.36. The van der Waals surface area contributed by atoms with E-state index in [1.54, 1.807) is 7.11 Å². The lowest BCUT2D eigenvalue weighted by Crippen LogP contribution is -1.92. The third-order valence-electron chi connectivity index (χ3n) is 2.98. The van der Waals surface area contributed by atoms with E-state index >= 15 is 0 Å². The normalized spacial score (nSPS) is 10.6. The molecule has 0 heterocycles. The third-order valence-corrected chi connectivity index (χ3v) is 2.98. The maximum Gasteiger partial charge on any atom is 0.126 e. The zero-order valence-corrected chi connectivity index (χ0v) is 9.50. The summed E-state index contributed by atoms with van der Waals surface area (Å²) < 4.78 is 5.42. The van der Waals surface area contributed by atoms with Crippen molar-refractivity contribution >= 4 is 10.8 Å². The Kier molecular flexibility index (Phi) is 2.63. The smallest absolute Gasteiger partial charge is 0.126 e. The molecule has 0 radical (unpaired) electrons. The maximum absolute atomic E-state index is 5.42. The van der Waals surface area contributed by atoms with Crippen molar-refractivity contribution in [1.82, 2.24) is 0 Å². The minimum atomic E-state index is 0.980. The lowest BCUT2D eigenvalue weighted by atomic mass is 9.98. The average Bonchev–Trinajstić information content (AvgIpc) is 2.30. The van der Waals surface area contributed by atoms with Gasteiger partial charge in [-0.25, -0.2) is 0 Å². The molecular formula is C14H16O. The zero-order chi connectivity index (χ0) is 10.8. The summed E-state index contributed by atoms with van der Waals surface area (Å²) in [6.07, 6.45) is 1.05. The van der Waals surface area contributed by atoms with E-state index in [-0.39, 0.29) is 0 Å². The Morgan fingerprint density at radius 1 is 1.13 bits per heavy atom. The van der Waals surface area contributed by atoms with Crippen LogP contribution < -0.4 is 4.74 Å². The molecule has 15 heavy (non-hydrogen) atoms. The number of benzene rings is 2. The molecule has 0 saturated heterocycles. The molecule has 0 aliphatic carbocycles. The molecule has 2 rings (SSSR count). The van der Waals surface area contributed by atoms with Crippen molar-refractivity contribution in [3.8, 4) is 5.75 Å². The van der Waals surface area contributed by atoms with E-state index in [1.165, 1.54) is 21.9 Å². The topological polar surface area (TPSA) is 9.23 Å². The molecule has 0 amide bonds. The van der Waals surface area contributed by atoms with Crippen molar-refractivity contribution in [2.24, 2.45) is 0 Å².